The summed E-state index contributed by atoms with van der Waals surface area (Å²) in [6.45, 7) is 2.64. The van der Waals surface area contributed by atoms with Gasteiger partial charge in [0, 0.05) is 6.04 Å². The molecular formula is C11H20N4O3S. The molecule has 0 radical (unpaired) electrons. The van der Waals surface area contributed by atoms with Gasteiger partial charge in [0.05, 0.1) is 12.3 Å². The number of nitrogens with zero attached hydrogens (tertiary/aromatic N) is 2. The summed E-state index contributed by atoms with van der Waals surface area (Å²) in [6, 6.07) is 0.676. The van der Waals surface area contributed by atoms with Crippen LogP contribution in [0, 0.1) is 6.92 Å². The van der Waals surface area contributed by atoms with Crippen LogP contribution in [0.3, 0.4) is 0 Å². The molecule has 0 unspecified atom stereocenters. The quantitative estimate of drug-likeness (QED) is 0.636. The van der Waals surface area contributed by atoms with Crippen molar-refractivity contribution in [2.45, 2.75) is 45.2 Å². The monoisotopic (exact) mass is 288 g/mol. The van der Waals surface area contributed by atoms with Gasteiger partial charge in [-0.3, -0.25) is 0 Å². The molecule has 1 aliphatic rings. The molecule has 108 valence electrons. The van der Waals surface area contributed by atoms with E-state index in [0.717, 1.165) is 13.0 Å². The van der Waals surface area contributed by atoms with Gasteiger partial charge in [-0.1, -0.05) is 5.16 Å². The smallest absolute Gasteiger partial charge is 0.241 e. The number of hydrogen-bond donors (Lipinski definition) is 2. The number of aromatic nitrogens is 2. The third-order valence-electron chi connectivity index (χ3n) is 2.86. The van der Waals surface area contributed by atoms with E-state index in [2.05, 4.69) is 20.2 Å². The van der Waals surface area contributed by atoms with Crippen LogP contribution >= 0.6 is 0 Å². The number of nitrogens with one attached hydrogen (secondary N) is 2. The van der Waals surface area contributed by atoms with Gasteiger partial charge in [0.1, 0.15) is 0 Å². The van der Waals surface area contributed by atoms with Crippen molar-refractivity contribution in [3.05, 3.63) is 11.7 Å². The summed E-state index contributed by atoms with van der Waals surface area (Å²) in [5.74, 6) is 0.920. The highest BCUT2D eigenvalue weighted by Crippen LogP contribution is 2.18. The summed E-state index contributed by atoms with van der Waals surface area (Å²) < 4.78 is 30.7. The summed E-state index contributed by atoms with van der Waals surface area (Å²) in [4.78, 5) is 3.94. The fourth-order valence-corrected chi connectivity index (χ4v) is 2.74. The Bertz CT molecular complexity index is 496. The van der Waals surface area contributed by atoms with Crippen LogP contribution in [0.1, 0.15) is 37.4 Å². The fourth-order valence-electron chi connectivity index (χ4n) is 1.67. The Morgan fingerprint density at radius 2 is 2.16 bits per heavy atom. The second-order valence-corrected chi connectivity index (χ2v) is 6.74. The summed E-state index contributed by atoms with van der Waals surface area (Å²) in [5, 5.41) is 6.95. The molecule has 2 N–H and O–H groups in total. The standard InChI is InChI=1S/C11H20N4O3S/c1-9-14-11(18-15-9)8-13-19(16,17)7-3-2-6-12-10-4-5-10/h10,12-13H,2-8H2,1H3. The Morgan fingerprint density at radius 1 is 1.37 bits per heavy atom. The number of sulfonamides is 1. The Kier molecular flexibility index (Phi) is 4.89. The number of aryl methyl sites for hydroxylation is 1. The van der Waals surface area contributed by atoms with Crippen molar-refractivity contribution in [2.24, 2.45) is 0 Å². The van der Waals surface area contributed by atoms with Crippen molar-refractivity contribution < 1.29 is 12.9 Å². The molecule has 0 saturated heterocycles. The molecule has 0 spiro atoms. The maximum Gasteiger partial charge on any atom is 0.241 e. The minimum Gasteiger partial charge on any atom is -0.338 e. The summed E-state index contributed by atoms with van der Waals surface area (Å²) in [5.41, 5.74) is 0. The zero-order valence-electron chi connectivity index (χ0n) is 11.1. The molecule has 1 fully saturated rings. The molecular weight excluding hydrogens is 268 g/mol. The highest BCUT2D eigenvalue weighted by atomic mass is 32.2. The molecule has 19 heavy (non-hydrogen) atoms. The largest absolute Gasteiger partial charge is 0.338 e. The maximum atomic E-state index is 11.7. The summed E-state index contributed by atoms with van der Waals surface area (Å²) in [7, 11) is -3.26. The summed E-state index contributed by atoms with van der Waals surface area (Å²) >= 11 is 0. The lowest BCUT2D eigenvalue weighted by atomic mass is 10.3. The molecule has 7 nitrogen and oxygen atoms in total. The van der Waals surface area contributed by atoms with Gasteiger partial charge >= 0.3 is 0 Å². The molecule has 2 rings (SSSR count). The van der Waals surface area contributed by atoms with Crippen LogP contribution < -0.4 is 10.0 Å². The molecule has 0 bridgehead atoms. The van der Waals surface area contributed by atoms with E-state index in [1.54, 1.807) is 6.92 Å². The fraction of sp³-hybridized carbons (Fsp3) is 0.818. The normalized spacial score (nSPS) is 15.8. The maximum absolute atomic E-state index is 11.7. The molecule has 0 aromatic carbocycles. The lowest BCUT2D eigenvalue weighted by molar-refractivity contribution is 0.372. The van der Waals surface area contributed by atoms with Crippen LogP contribution in [-0.4, -0.2) is 36.9 Å². The average Bonchev–Trinajstić information content (AvgIpc) is 3.08. The topological polar surface area (TPSA) is 97.1 Å². The molecule has 1 aromatic rings. The van der Waals surface area contributed by atoms with E-state index < -0.39 is 10.0 Å². The molecule has 1 aliphatic carbocycles. The number of rotatable bonds is 9. The Hall–Kier alpha value is -0.990. The minimum absolute atomic E-state index is 0.0590. The van der Waals surface area contributed by atoms with Crippen molar-refractivity contribution >= 4 is 10.0 Å². The van der Waals surface area contributed by atoms with Crippen LogP contribution in [-0.2, 0) is 16.6 Å². The molecule has 8 heteroatoms. The van der Waals surface area contributed by atoms with Gasteiger partial charge in [0.15, 0.2) is 5.82 Å². The first-order valence-corrected chi connectivity index (χ1v) is 8.20. The van der Waals surface area contributed by atoms with Gasteiger partial charge in [-0.05, 0) is 39.2 Å². The van der Waals surface area contributed by atoms with E-state index >= 15 is 0 Å². The van der Waals surface area contributed by atoms with Crippen LogP contribution in [0.5, 0.6) is 0 Å². The highest BCUT2D eigenvalue weighted by Gasteiger charge is 2.19. The van der Waals surface area contributed by atoms with Crippen LogP contribution in [0.15, 0.2) is 4.52 Å². The van der Waals surface area contributed by atoms with Crippen LogP contribution in [0.4, 0.5) is 0 Å². The van der Waals surface area contributed by atoms with E-state index in [1.165, 1.54) is 12.8 Å². The van der Waals surface area contributed by atoms with Crippen molar-refractivity contribution in [1.82, 2.24) is 20.2 Å². The van der Waals surface area contributed by atoms with Gasteiger partial charge in [-0.25, -0.2) is 13.1 Å². The molecule has 1 saturated carbocycles. The van der Waals surface area contributed by atoms with Crippen LogP contribution in [0.2, 0.25) is 0 Å². The first-order valence-electron chi connectivity index (χ1n) is 6.55. The molecule has 0 amide bonds. The van der Waals surface area contributed by atoms with E-state index in [-0.39, 0.29) is 18.2 Å². The van der Waals surface area contributed by atoms with E-state index in [0.29, 0.717) is 18.3 Å². The first-order chi connectivity index (χ1) is 9.05. The zero-order valence-corrected chi connectivity index (χ0v) is 11.9. The van der Waals surface area contributed by atoms with Gasteiger partial charge in [-0.2, -0.15) is 4.98 Å². The predicted molar refractivity (Wildman–Crippen MR) is 69.9 cm³/mol. The Morgan fingerprint density at radius 3 is 2.79 bits per heavy atom. The van der Waals surface area contributed by atoms with Crippen molar-refractivity contribution in [1.29, 1.82) is 0 Å². The Balaban J connectivity index is 1.60. The molecule has 0 aliphatic heterocycles. The van der Waals surface area contributed by atoms with Crippen molar-refractivity contribution in [3.8, 4) is 0 Å². The van der Waals surface area contributed by atoms with Gasteiger partial charge < -0.3 is 9.84 Å². The average molecular weight is 288 g/mol. The predicted octanol–water partition coefficient (Wildman–Crippen LogP) is 0.330. The first kappa shape index (κ1) is 14.4. The third-order valence-corrected chi connectivity index (χ3v) is 4.27. The number of hydrogen-bond acceptors (Lipinski definition) is 6. The molecule has 1 heterocycles. The minimum atomic E-state index is -3.26. The lowest BCUT2D eigenvalue weighted by Gasteiger charge is -2.05. The molecule has 0 atom stereocenters. The molecule has 1 aromatic heterocycles. The number of unbranched alkanes of at least 4 members (excludes halogenated alkanes) is 1. The van der Waals surface area contributed by atoms with E-state index in [1.807, 2.05) is 0 Å². The SMILES string of the molecule is Cc1noc(CNS(=O)(=O)CCCCNC2CC2)n1. The summed E-state index contributed by atoms with van der Waals surface area (Å²) in [6.07, 6.45) is 4.03. The van der Waals surface area contributed by atoms with Crippen molar-refractivity contribution in [2.75, 3.05) is 12.3 Å². The van der Waals surface area contributed by atoms with E-state index in [4.69, 9.17) is 4.52 Å². The van der Waals surface area contributed by atoms with Crippen molar-refractivity contribution in [3.63, 3.8) is 0 Å². The lowest BCUT2D eigenvalue weighted by Crippen LogP contribution is -2.27. The van der Waals surface area contributed by atoms with Gasteiger partial charge in [0.2, 0.25) is 15.9 Å². The van der Waals surface area contributed by atoms with E-state index in [9.17, 15) is 8.42 Å². The van der Waals surface area contributed by atoms with Crippen LogP contribution in [0.25, 0.3) is 0 Å². The highest BCUT2D eigenvalue weighted by molar-refractivity contribution is 7.89. The second-order valence-electron chi connectivity index (χ2n) is 4.81. The second kappa shape index (κ2) is 6.44. The van der Waals surface area contributed by atoms with Gasteiger partial charge in [-0.15, -0.1) is 0 Å². The third kappa shape index (κ3) is 5.66. The van der Waals surface area contributed by atoms with Gasteiger partial charge in [0.25, 0.3) is 0 Å². The zero-order chi connectivity index (χ0) is 13.7. The Labute approximate surface area is 113 Å².